The second-order valence-electron chi connectivity index (χ2n) is 6.47. The molecule has 1 atom stereocenters. The molecule has 2 aromatic rings. The van der Waals surface area contributed by atoms with E-state index in [-0.39, 0.29) is 12.1 Å². The number of carbonyl (C=O) groups is 1. The molecule has 1 aromatic heterocycles. The molecule has 0 radical (unpaired) electrons. The Hall–Kier alpha value is -2.36. The van der Waals surface area contributed by atoms with Crippen LogP contribution in [0.1, 0.15) is 53.2 Å². The van der Waals surface area contributed by atoms with Gasteiger partial charge in [0.15, 0.2) is 0 Å². The maximum atomic E-state index is 12.9. The molecular formula is C21H25NO3. The molecule has 1 unspecified atom stereocenters. The molecule has 0 aliphatic heterocycles. The number of pyridine rings is 1. The normalized spacial score (nSPS) is 14.0. The summed E-state index contributed by atoms with van der Waals surface area (Å²) in [5.41, 5.74) is 4.13. The topological polar surface area (TPSA) is 48.4 Å². The van der Waals surface area contributed by atoms with Gasteiger partial charge in [-0.15, -0.1) is 0 Å². The molecule has 0 N–H and O–H groups in total. The largest absolute Gasteiger partial charge is 0.496 e. The van der Waals surface area contributed by atoms with Crippen LogP contribution in [-0.4, -0.2) is 24.2 Å². The van der Waals surface area contributed by atoms with Crippen LogP contribution in [0.15, 0.2) is 36.7 Å². The zero-order valence-corrected chi connectivity index (χ0v) is 15.0. The molecule has 0 fully saturated rings. The first-order valence-electron chi connectivity index (χ1n) is 9.01. The molecule has 1 aromatic carbocycles. The summed E-state index contributed by atoms with van der Waals surface area (Å²) in [6.07, 6.45) is 9.00. The van der Waals surface area contributed by atoms with Crippen molar-refractivity contribution in [2.75, 3.05) is 7.11 Å². The zero-order chi connectivity index (χ0) is 17.6. The lowest BCUT2D eigenvalue weighted by Gasteiger charge is -2.19. The van der Waals surface area contributed by atoms with E-state index in [0.717, 1.165) is 49.7 Å². The summed E-state index contributed by atoms with van der Waals surface area (Å²) in [5, 5.41) is 0. The minimum Gasteiger partial charge on any atom is -0.496 e. The summed E-state index contributed by atoms with van der Waals surface area (Å²) >= 11 is 0. The number of fused-ring (bicyclic) bond motifs is 1. The van der Waals surface area contributed by atoms with Crippen molar-refractivity contribution in [2.45, 2.75) is 51.6 Å². The number of aromatic nitrogens is 1. The van der Waals surface area contributed by atoms with Gasteiger partial charge in [0.1, 0.15) is 17.4 Å². The van der Waals surface area contributed by atoms with E-state index in [1.54, 1.807) is 13.3 Å². The second-order valence-corrected chi connectivity index (χ2v) is 6.47. The quantitative estimate of drug-likeness (QED) is 0.711. The molecule has 25 heavy (non-hydrogen) atoms. The van der Waals surface area contributed by atoms with Gasteiger partial charge in [0.05, 0.1) is 7.11 Å². The smallest absolute Gasteiger partial charge is 0.342 e. The number of benzene rings is 1. The number of methoxy groups -OCH3 is 1. The third kappa shape index (κ3) is 4.01. The first-order chi connectivity index (χ1) is 12.2. The SMILES string of the molecule is CCC(CCc1cccnc1)OC(=O)c1c(OC)ccc2c1CCC2. The molecule has 1 heterocycles. The predicted molar refractivity (Wildman–Crippen MR) is 97.1 cm³/mol. The number of rotatable bonds is 7. The Morgan fingerprint density at radius 2 is 2.16 bits per heavy atom. The molecule has 132 valence electrons. The van der Waals surface area contributed by atoms with Crippen molar-refractivity contribution in [3.63, 3.8) is 0 Å². The molecule has 0 saturated heterocycles. The van der Waals surface area contributed by atoms with Crippen LogP contribution in [0.25, 0.3) is 0 Å². The van der Waals surface area contributed by atoms with Gasteiger partial charge < -0.3 is 9.47 Å². The summed E-state index contributed by atoms with van der Waals surface area (Å²) < 4.78 is 11.3. The Kier molecular flexibility index (Phi) is 5.69. The van der Waals surface area contributed by atoms with Gasteiger partial charge in [-0.3, -0.25) is 4.98 Å². The van der Waals surface area contributed by atoms with Gasteiger partial charge in [0.2, 0.25) is 0 Å². The van der Waals surface area contributed by atoms with Crippen LogP contribution in [0.4, 0.5) is 0 Å². The summed E-state index contributed by atoms with van der Waals surface area (Å²) in [4.78, 5) is 17.0. The minimum atomic E-state index is -0.256. The number of esters is 1. The molecule has 1 aliphatic rings. The standard InChI is InChI=1S/C21H25NO3/c1-3-17(11-9-15-6-5-13-22-14-15)25-21(23)20-18-8-4-7-16(18)10-12-19(20)24-2/h5-6,10,12-14,17H,3-4,7-9,11H2,1-2H3. The van der Waals surface area contributed by atoms with E-state index in [9.17, 15) is 4.79 Å². The van der Waals surface area contributed by atoms with Crippen LogP contribution in [0, 0.1) is 0 Å². The second kappa shape index (κ2) is 8.15. The van der Waals surface area contributed by atoms with Crippen molar-refractivity contribution in [1.82, 2.24) is 4.98 Å². The summed E-state index contributed by atoms with van der Waals surface area (Å²) in [5.74, 6) is 0.362. The Morgan fingerprint density at radius 3 is 2.88 bits per heavy atom. The Balaban J connectivity index is 1.71. The van der Waals surface area contributed by atoms with Gasteiger partial charge in [0, 0.05) is 12.4 Å². The van der Waals surface area contributed by atoms with Crippen LogP contribution >= 0.6 is 0 Å². The molecule has 3 rings (SSSR count). The van der Waals surface area contributed by atoms with Gasteiger partial charge in [-0.2, -0.15) is 0 Å². The summed E-state index contributed by atoms with van der Waals surface area (Å²) in [7, 11) is 1.60. The number of carbonyl (C=O) groups excluding carboxylic acids is 1. The van der Waals surface area contributed by atoms with Crippen LogP contribution in [-0.2, 0) is 24.0 Å². The van der Waals surface area contributed by atoms with E-state index in [0.29, 0.717) is 11.3 Å². The number of hydrogen-bond acceptors (Lipinski definition) is 4. The van der Waals surface area contributed by atoms with E-state index in [2.05, 4.69) is 17.1 Å². The Labute approximate surface area is 149 Å². The third-order valence-electron chi connectivity index (χ3n) is 4.88. The molecule has 0 amide bonds. The van der Waals surface area contributed by atoms with Crippen LogP contribution in [0.3, 0.4) is 0 Å². The van der Waals surface area contributed by atoms with Crippen molar-refractivity contribution in [3.8, 4) is 5.75 Å². The number of hydrogen-bond donors (Lipinski definition) is 0. The minimum absolute atomic E-state index is 0.102. The van der Waals surface area contributed by atoms with Crippen LogP contribution in [0.5, 0.6) is 5.75 Å². The highest BCUT2D eigenvalue weighted by molar-refractivity contribution is 5.95. The molecule has 0 saturated carbocycles. The maximum Gasteiger partial charge on any atom is 0.342 e. The fourth-order valence-electron chi connectivity index (χ4n) is 3.47. The van der Waals surface area contributed by atoms with Gasteiger partial charge >= 0.3 is 5.97 Å². The molecule has 1 aliphatic carbocycles. The lowest BCUT2D eigenvalue weighted by molar-refractivity contribution is 0.0269. The molecule has 4 heteroatoms. The number of ether oxygens (including phenoxy) is 2. The average molecular weight is 339 g/mol. The first kappa shape index (κ1) is 17.5. The molecule has 4 nitrogen and oxygen atoms in total. The zero-order valence-electron chi connectivity index (χ0n) is 15.0. The highest BCUT2D eigenvalue weighted by Crippen LogP contribution is 2.33. The Morgan fingerprint density at radius 1 is 1.28 bits per heavy atom. The van der Waals surface area contributed by atoms with Crippen molar-refractivity contribution in [3.05, 3.63) is 58.9 Å². The van der Waals surface area contributed by atoms with E-state index < -0.39 is 0 Å². The van der Waals surface area contributed by atoms with Crippen molar-refractivity contribution >= 4 is 5.97 Å². The number of aryl methyl sites for hydroxylation is 2. The molecular weight excluding hydrogens is 314 g/mol. The fraction of sp³-hybridized carbons (Fsp3) is 0.429. The molecule has 0 spiro atoms. The van der Waals surface area contributed by atoms with Crippen molar-refractivity contribution in [2.24, 2.45) is 0 Å². The van der Waals surface area contributed by atoms with Crippen LogP contribution in [0.2, 0.25) is 0 Å². The third-order valence-corrected chi connectivity index (χ3v) is 4.88. The first-order valence-corrected chi connectivity index (χ1v) is 9.01. The van der Waals surface area contributed by atoms with E-state index in [4.69, 9.17) is 9.47 Å². The van der Waals surface area contributed by atoms with E-state index >= 15 is 0 Å². The van der Waals surface area contributed by atoms with E-state index in [1.165, 1.54) is 5.56 Å². The monoisotopic (exact) mass is 339 g/mol. The van der Waals surface area contributed by atoms with Crippen molar-refractivity contribution < 1.29 is 14.3 Å². The van der Waals surface area contributed by atoms with Gasteiger partial charge in [-0.1, -0.05) is 19.1 Å². The van der Waals surface area contributed by atoms with Gasteiger partial charge in [-0.25, -0.2) is 4.79 Å². The van der Waals surface area contributed by atoms with Gasteiger partial charge in [-0.05, 0) is 67.3 Å². The van der Waals surface area contributed by atoms with Crippen molar-refractivity contribution in [1.29, 1.82) is 0 Å². The summed E-state index contributed by atoms with van der Waals surface area (Å²) in [6, 6.07) is 7.93. The predicted octanol–water partition coefficient (Wildman–Crippen LogP) is 4.15. The summed E-state index contributed by atoms with van der Waals surface area (Å²) in [6.45, 7) is 2.05. The Bertz CT molecular complexity index is 727. The maximum absolute atomic E-state index is 12.9. The van der Waals surface area contributed by atoms with Crippen LogP contribution < -0.4 is 4.74 Å². The lowest BCUT2D eigenvalue weighted by Crippen LogP contribution is -2.20. The fourth-order valence-corrected chi connectivity index (χ4v) is 3.47. The highest BCUT2D eigenvalue weighted by Gasteiger charge is 2.26. The van der Waals surface area contributed by atoms with E-state index in [1.807, 2.05) is 25.3 Å². The lowest BCUT2D eigenvalue weighted by atomic mass is 10.0. The molecule has 0 bridgehead atoms. The average Bonchev–Trinajstić information content (AvgIpc) is 3.13. The number of nitrogens with zero attached hydrogens (tertiary/aromatic N) is 1. The highest BCUT2D eigenvalue weighted by atomic mass is 16.5. The van der Waals surface area contributed by atoms with Gasteiger partial charge in [0.25, 0.3) is 0 Å².